The van der Waals surface area contributed by atoms with Crippen LogP contribution in [0.4, 0.5) is 0 Å². The van der Waals surface area contributed by atoms with E-state index in [0.717, 1.165) is 19.3 Å². The van der Waals surface area contributed by atoms with E-state index in [9.17, 15) is 4.79 Å². The third-order valence-corrected chi connectivity index (χ3v) is 4.55. The molecule has 0 aromatic rings. The van der Waals surface area contributed by atoms with Crippen LogP contribution in [0.25, 0.3) is 0 Å². The van der Waals surface area contributed by atoms with Gasteiger partial charge in [0, 0.05) is 25.6 Å². The molecule has 1 amide bonds. The third-order valence-electron chi connectivity index (χ3n) is 4.55. The van der Waals surface area contributed by atoms with Crippen LogP contribution in [0.5, 0.6) is 0 Å². The smallest absolute Gasteiger partial charge is 0.222 e. The van der Waals surface area contributed by atoms with E-state index in [0.29, 0.717) is 23.9 Å². The molecular formula is C14H26N2O. The predicted molar refractivity (Wildman–Crippen MR) is 69.6 cm³/mol. The molecule has 2 aliphatic carbocycles. The molecule has 2 rings (SSSR count). The first-order valence-electron chi connectivity index (χ1n) is 7.18. The highest BCUT2D eigenvalue weighted by atomic mass is 16.2. The van der Waals surface area contributed by atoms with Crippen LogP contribution in [-0.2, 0) is 4.79 Å². The van der Waals surface area contributed by atoms with E-state index < -0.39 is 0 Å². The lowest BCUT2D eigenvalue weighted by atomic mass is 9.84. The van der Waals surface area contributed by atoms with E-state index in [1.54, 1.807) is 0 Å². The normalized spacial score (nSPS) is 30.5. The topological polar surface area (TPSA) is 46.3 Å². The molecule has 98 valence electrons. The van der Waals surface area contributed by atoms with Crippen molar-refractivity contribution >= 4 is 5.91 Å². The van der Waals surface area contributed by atoms with Crippen molar-refractivity contribution in [2.24, 2.45) is 11.7 Å². The van der Waals surface area contributed by atoms with Crippen LogP contribution in [-0.4, -0.2) is 29.9 Å². The van der Waals surface area contributed by atoms with E-state index in [2.05, 4.69) is 0 Å². The molecule has 0 saturated heterocycles. The van der Waals surface area contributed by atoms with Gasteiger partial charge in [0.25, 0.3) is 0 Å². The van der Waals surface area contributed by atoms with Gasteiger partial charge in [-0.25, -0.2) is 0 Å². The van der Waals surface area contributed by atoms with Gasteiger partial charge in [-0.05, 0) is 38.0 Å². The Morgan fingerprint density at radius 3 is 2.53 bits per heavy atom. The van der Waals surface area contributed by atoms with Crippen molar-refractivity contribution in [2.45, 2.75) is 69.9 Å². The number of carbonyl (C=O) groups is 1. The number of nitrogens with zero attached hydrogens (tertiary/aromatic N) is 1. The standard InChI is InChI=1S/C14H26N2O/c1-16(13-7-2-3-8-13)14(17)10-11-5-4-6-12(15)9-11/h11-13H,2-10,15H2,1H3. The van der Waals surface area contributed by atoms with Crippen LogP contribution in [0, 0.1) is 5.92 Å². The Hall–Kier alpha value is -0.570. The number of hydrogen-bond donors (Lipinski definition) is 1. The first-order valence-corrected chi connectivity index (χ1v) is 7.18. The summed E-state index contributed by atoms with van der Waals surface area (Å²) >= 11 is 0. The van der Waals surface area contributed by atoms with Gasteiger partial charge in [-0.3, -0.25) is 4.79 Å². The van der Waals surface area contributed by atoms with Gasteiger partial charge in [0.1, 0.15) is 0 Å². The molecule has 2 atom stereocenters. The maximum Gasteiger partial charge on any atom is 0.222 e. The summed E-state index contributed by atoms with van der Waals surface area (Å²) in [5.41, 5.74) is 5.97. The summed E-state index contributed by atoms with van der Waals surface area (Å²) in [7, 11) is 1.99. The van der Waals surface area contributed by atoms with Crippen LogP contribution in [0.3, 0.4) is 0 Å². The number of carbonyl (C=O) groups excluding carboxylic acids is 1. The molecule has 2 N–H and O–H groups in total. The van der Waals surface area contributed by atoms with Gasteiger partial charge in [0.2, 0.25) is 5.91 Å². The molecule has 3 nitrogen and oxygen atoms in total. The van der Waals surface area contributed by atoms with Gasteiger partial charge in [-0.15, -0.1) is 0 Å². The molecule has 17 heavy (non-hydrogen) atoms. The minimum absolute atomic E-state index is 0.332. The Morgan fingerprint density at radius 2 is 1.88 bits per heavy atom. The zero-order chi connectivity index (χ0) is 12.3. The van der Waals surface area contributed by atoms with Crippen LogP contribution >= 0.6 is 0 Å². The maximum atomic E-state index is 12.2. The van der Waals surface area contributed by atoms with Gasteiger partial charge in [0.15, 0.2) is 0 Å². The molecule has 0 aromatic heterocycles. The number of rotatable bonds is 3. The summed E-state index contributed by atoms with van der Waals surface area (Å²) in [5, 5.41) is 0. The maximum absolute atomic E-state index is 12.2. The predicted octanol–water partition coefficient (Wildman–Crippen LogP) is 2.29. The van der Waals surface area contributed by atoms with E-state index >= 15 is 0 Å². The van der Waals surface area contributed by atoms with Crippen molar-refractivity contribution in [2.75, 3.05) is 7.05 Å². The van der Waals surface area contributed by atoms with Gasteiger partial charge in [0.05, 0.1) is 0 Å². The summed E-state index contributed by atoms with van der Waals surface area (Å²) in [6.07, 6.45) is 10.3. The van der Waals surface area contributed by atoms with Gasteiger partial charge < -0.3 is 10.6 Å². The molecule has 2 aliphatic rings. The first-order chi connectivity index (χ1) is 8.16. The highest BCUT2D eigenvalue weighted by Gasteiger charge is 2.27. The van der Waals surface area contributed by atoms with Crippen molar-refractivity contribution in [1.29, 1.82) is 0 Å². The number of nitrogens with two attached hydrogens (primary N) is 1. The fraction of sp³-hybridized carbons (Fsp3) is 0.929. The van der Waals surface area contributed by atoms with Crippen LogP contribution < -0.4 is 5.73 Å². The lowest BCUT2D eigenvalue weighted by molar-refractivity contribution is -0.133. The zero-order valence-electron chi connectivity index (χ0n) is 11.0. The van der Waals surface area contributed by atoms with E-state index in [1.807, 2.05) is 11.9 Å². The van der Waals surface area contributed by atoms with Crippen LogP contribution in [0.1, 0.15) is 57.8 Å². The summed E-state index contributed by atoms with van der Waals surface area (Å²) in [6.45, 7) is 0. The fourth-order valence-corrected chi connectivity index (χ4v) is 3.40. The second-order valence-corrected chi connectivity index (χ2v) is 5.94. The molecule has 0 radical (unpaired) electrons. The van der Waals surface area contributed by atoms with Crippen molar-refractivity contribution < 1.29 is 4.79 Å². The average Bonchev–Trinajstić information content (AvgIpc) is 2.81. The van der Waals surface area contributed by atoms with Gasteiger partial charge in [-0.1, -0.05) is 19.3 Å². The highest BCUT2D eigenvalue weighted by Crippen LogP contribution is 2.28. The van der Waals surface area contributed by atoms with Crippen molar-refractivity contribution in [3.63, 3.8) is 0 Å². The minimum Gasteiger partial charge on any atom is -0.343 e. The quantitative estimate of drug-likeness (QED) is 0.820. The number of amides is 1. The zero-order valence-corrected chi connectivity index (χ0v) is 11.0. The van der Waals surface area contributed by atoms with Crippen molar-refractivity contribution in [3.8, 4) is 0 Å². The molecule has 2 saturated carbocycles. The van der Waals surface area contributed by atoms with Gasteiger partial charge in [-0.2, -0.15) is 0 Å². The van der Waals surface area contributed by atoms with Gasteiger partial charge >= 0.3 is 0 Å². The monoisotopic (exact) mass is 238 g/mol. The largest absolute Gasteiger partial charge is 0.343 e. The Kier molecular flexibility index (Phi) is 4.43. The number of hydrogen-bond acceptors (Lipinski definition) is 2. The molecule has 0 aromatic carbocycles. The Bertz CT molecular complexity index is 261. The minimum atomic E-state index is 0.332. The van der Waals surface area contributed by atoms with Crippen LogP contribution in [0.2, 0.25) is 0 Å². The molecule has 0 heterocycles. The second-order valence-electron chi connectivity index (χ2n) is 5.94. The first kappa shape index (κ1) is 12.9. The molecule has 0 bridgehead atoms. The van der Waals surface area contributed by atoms with Crippen molar-refractivity contribution in [1.82, 2.24) is 4.90 Å². The third kappa shape index (κ3) is 3.44. The average molecular weight is 238 g/mol. The lowest BCUT2D eigenvalue weighted by Crippen LogP contribution is -2.37. The summed E-state index contributed by atoms with van der Waals surface area (Å²) in [5.74, 6) is 0.881. The Labute approximate surface area is 105 Å². The molecular weight excluding hydrogens is 212 g/mol. The highest BCUT2D eigenvalue weighted by molar-refractivity contribution is 5.76. The Balaban J connectivity index is 1.79. The molecule has 2 unspecified atom stereocenters. The summed E-state index contributed by atoms with van der Waals surface area (Å²) < 4.78 is 0. The lowest BCUT2D eigenvalue weighted by Gasteiger charge is -2.30. The molecule has 3 heteroatoms. The molecule has 0 aliphatic heterocycles. The fourth-order valence-electron chi connectivity index (χ4n) is 3.40. The van der Waals surface area contributed by atoms with E-state index in [4.69, 9.17) is 5.73 Å². The SMILES string of the molecule is CN(C(=O)CC1CCCC(N)C1)C1CCCC1. The second kappa shape index (κ2) is 5.85. The molecule has 0 spiro atoms. The van der Waals surface area contributed by atoms with E-state index in [-0.39, 0.29) is 0 Å². The molecule has 2 fully saturated rings. The van der Waals surface area contributed by atoms with E-state index in [1.165, 1.54) is 38.5 Å². The Morgan fingerprint density at radius 1 is 1.18 bits per heavy atom. The van der Waals surface area contributed by atoms with Crippen molar-refractivity contribution in [3.05, 3.63) is 0 Å². The van der Waals surface area contributed by atoms with Crippen LogP contribution in [0.15, 0.2) is 0 Å². The summed E-state index contributed by atoms with van der Waals surface area (Å²) in [4.78, 5) is 14.2. The summed E-state index contributed by atoms with van der Waals surface area (Å²) in [6, 6.07) is 0.845.